The molecule has 0 aliphatic heterocycles. The highest BCUT2D eigenvalue weighted by Gasteiger charge is 2.11. The Morgan fingerprint density at radius 2 is 2.33 bits per heavy atom. The van der Waals surface area contributed by atoms with Gasteiger partial charge in [-0.15, -0.1) is 0 Å². The Hall–Kier alpha value is -2.57. The third kappa shape index (κ3) is 2.76. The molecule has 0 aliphatic carbocycles. The molecular formula is C11H12N4O3. The van der Waals surface area contributed by atoms with Gasteiger partial charge >= 0.3 is 5.97 Å². The zero-order valence-corrected chi connectivity index (χ0v) is 9.46. The second kappa shape index (κ2) is 5.17. The second-order valence-corrected chi connectivity index (χ2v) is 3.71. The first-order valence-electron chi connectivity index (χ1n) is 5.29. The zero-order chi connectivity index (χ0) is 13.0. The number of hydrogen-bond acceptors (Lipinski definition) is 3. The van der Waals surface area contributed by atoms with Gasteiger partial charge in [0.2, 0.25) is 5.91 Å². The number of amides is 1. The number of H-pyrrole nitrogens is 1. The Labute approximate surface area is 102 Å². The van der Waals surface area contributed by atoms with Crippen LogP contribution in [-0.4, -0.2) is 31.7 Å². The Bertz CT molecular complexity index is 544. The standard InChI is InChI=1S/C11H12N4O3/c16-10(12-4-8-5-13-14-6-8)7-15-3-1-2-9(15)11(17)18/h1-3,5-6H,4,7H2,(H,12,16)(H,13,14)(H,17,18). The van der Waals surface area contributed by atoms with E-state index in [1.165, 1.54) is 10.6 Å². The third-order valence-electron chi connectivity index (χ3n) is 2.41. The van der Waals surface area contributed by atoms with Crippen molar-refractivity contribution in [3.8, 4) is 0 Å². The molecule has 0 saturated heterocycles. The van der Waals surface area contributed by atoms with E-state index >= 15 is 0 Å². The van der Waals surface area contributed by atoms with Crippen molar-refractivity contribution in [1.82, 2.24) is 20.1 Å². The van der Waals surface area contributed by atoms with Gasteiger partial charge in [-0.2, -0.15) is 5.10 Å². The van der Waals surface area contributed by atoms with Crippen LogP contribution in [0.25, 0.3) is 0 Å². The summed E-state index contributed by atoms with van der Waals surface area (Å²) >= 11 is 0. The van der Waals surface area contributed by atoms with Crippen molar-refractivity contribution < 1.29 is 14.7 Å². The lowest BCUT2D eigenvalue weighted by atomic mass is 10.3. The van der Waals surface area contributed by atoms with Gasteiger partial charge in [0.25, 0.3) is 0 Å². The maximum atomic E-state index is 11.6. The fraction of sp³-hybridized carbons (Fsp3) is 0.182. The summed E-state index contributed by atoms with van der Waals surface area (Å²) in [6.45, 7) is 0.339. The molecule has 0 atom stereocenters. The van der Waals surface area contributed by atoms with Crippen molar-refractivity contribution in [3.05, 3.63) is 42.0 Å². The molecule has 2 aromatic rings. The fourth-order valence-electron chi connectivity index (χ4n) is 1.53. The quantitative estimate of drug-likeness (QED) is 0.705. The minimum atomic E-state index is -1.05. The monoisotopic (exact) mass is 248 g/mol. The van der Waals surface area contributed by atoms with Crippen molar-refractivity contribution in [2.24, 2.45) is 0 Å². The Kier molecular flexibility index (Phi) is 3.42. The van der Waals surface area contributed by atoms with Crippen molar-refractivity contribution >= 4 is 11.9 Å². The van der Waals surface area contributed by atoms with Crippen LogP contribution in [0.15, 0.2) is 30.7 Å². The SMILES string of the molecule is O=C(Cn1cccc1C(=O)O)NCc1cn[nH]c1. The minimum Gasteiger partial charge on any atom is -0.477 e. The van der Waals surface area contributed by atoms with E-state index in [9.17, 15) is 9.59 Å². The van der Waals surface area contributed by atoms with Gasteiger partial charge < -0.3 is 15.0 Å². The van der Waals surface area contributed by atoms with E-state index in [0.29, 0.717) is 6.54 Å². The molecule has 0 saturated carbocycles. The summed E-state index contributed by atoms with van der Waals surface area (Å²) in [6.07, 6.45) is 4.85. The molecular weight excluding hydrogens is 236 g/mol. The number of nitrogens with zero attached hydrogens (tertiary/aromatic N) is 2. The lowest BCUT2D eigenvalue weighted by molar-refractivity contribution is -0.121. The molecule has 7 nitrogen and oxygen atoms in total. The smallest absolute Gasteiger partial charge is 0.352 e. The number of carboxylic acid groups (broad SMARTS) is 1. The van der Waals surface area contributed by atoms with Crippen LogP contribution < -0.4 is 5.32 Å². The van der Waals surface area contributed by atoms with Gasteiger partial charge in [-0.25, -0.2) is 4.79 Å². The summed E-state index contributed by atoms with van der Waals surface area (Å²) in [5.74, 6) is -1.31. The summed E-state index contributed by atoms with van der Waals surface area (Å²) in [5, 5.41) is 18.0. The minimum absolute atomic E-state index is 0.0213. The normalized spacial score (nSPS) is 10.2. The van der Waals surface area contributed by atoms with Gasteiger partial charge in [-0.1, -0.05) is 0 Å². The molecule has 94 valence electrons. The van der Waals surface area contributed by atoms with Crippen LogP contribution >= 0.6 is 0 Å². The summed E-state index contributed by atoms with van der Waals surface area (Å²) in [7, 11) is 0. The molecule has 2 aromatic heterocycles. The first-order valence-corrected chi connectivity index (χ1v) is 5.29. The molecule has 1 amide bonds. The Morgan fingerprint density at radius 3 is 3.00 bits per heavy atom. The molecule has 0 aromatic carbocycles. The Balaban J connectivity index is 1.91. The summed E-state index contributed by atoms with van der Waals surface area (Å²) < 4.78 is 1.38. The summed E-state index contributed by atoms with van der Waals surface area (Å²) in [4.78, 5) is 22.5. The molecule has 2 heterocycles. The number of carbonyl (C=O) groups excluding carboxylic acids is 1. The molecule has 2 rings (SSSR count). The summed E-state index contributed by atoms with van der Waals surface area (Å²) in [6, 6.07) is 3.04. The highest BCUT2D eigenvalue weighted by molar-refractivity contribution is 5.86. The van der Waals surface area contributed by atoms with E-state index in [4.69, 9.17) is 5.11 Å². The molecule has 7 heteroatoms. The first kappa shape index (κ1) is 11.9. The molecule has 3 N–H and O–H groups in total. The molecule has 0 spiro atoms. The van der Waals surface area contributed by atoms with Crippen LogP contribution in [-0.2, 0) is 17.9 Å². The zero-order valence-electron chi connectivity index (χ0n) is 9.46. The average Bonchev–Trinajstić information content (AvgIpc) is 2.96. The van der Waals surface area contributed by atoms with Crippen molar-refractivity contribution in [1.29, 1.82) is 0 Å². The van der Waals surface area contributed by atoms with E-state index in [2.05, 4.69) is 15.5 Å². The third-order valence-corrected chi connectivity index (χ3v) is 2.41. The fourth-order valence-corrected chi connectivity index (χ4v) is 1.53. The first-order chi connectivity index (χ1) is 8.66. The van der Waals surface area contributed by atoms with Crippen molar-refractivity contribution in [2.75, 3.05) is 0 Å². The number of rotatable bonds is 5. The Morgan fingerprint density at radius 1 is 1.50 bits per heavy atom. The van der Waals surface area contributed by atoms with Gasteiger partial charge in [0.15, 0.2) is 0 Å². The van der Waals surface area contributed by atoms with Gasteiger partial charge in [0, 0.05) is 24.5 Å². The van der Waals surface area contributed by atoms with E-state index in [-0.39, 0.29) is 18.1 Å². The van der Waals surface area contributed by atoms with Crippen LogP contribution in [0, 0.1) is 0 Å². The van der Waals surface area contributed by atoms with Crippen LogP contribution in [0.5, 0.6) is 0 Å². The van der Waals surface area contributed by atoms with Gasteiger partial charge in [0.1, 0.15) is 12.2 Å². The molecule has 0 aliphatic rings. The van der Waals surface area contributed by atoms with Crippen LogP contribution in [0.4, 0.5) is 0 Å². The number of hydrogen-bond donors (Lipinski definition) is 3. The largest absolute Gasteiger partial charge is 0.477 e. The predicted molar refractivity (Wildman–Crippen MR) is 61.8 cm³/mol. The predicted octanol–water partition coefficient (Wildman–Crippen LogP) is 0.226. The lowest BCUT2D eigenvalue weighted by Crippen LogP contribution is -2.27. The topological polar surface area (TPSA) is 100 Å². The molecule has 0 radical (unpaired) electrons. The molecule has 0 fully saturated rings. The van der Waals surface area contributed by atoms with E-state index in [1.807, 2.05) is 0 Å². The maximum Gasteiger partial charge on any atom is 0.352 e. The number of nitrogens with one attached hydrogen (secondary N) is 2. The molecule has 18 heavy (non-hydrogen) atoms. The van der Waals surface area contributed by atoms with Crippen LogP contribution in [0.2, 0.25) is 0 Å². The number of aromatic nitrogens is 3. The van der Waals surface area contributed by atoms with E-state index < -0.39 is 5.97 Å². The second-order valence-electron chi connectivity index (χ2n) is 3.71. The molecule has 0 unspecified atom stereocenters. The highest BCUT2D eigenvalue weighted by atomic mass is 16.4. The van der Waals surface area contributed by atoms with Gasteiger partial charge in [-0.05, 0) is 12.1 Å². The maximum absolute atomic E-state index is 11.6. The average molecular weight is 248 g/mol. The van der Waals surface area contributed by atoms with Gasteiger partial charge in [-0.3, -0.25) is 9.89 Å². The van der Waals surface area contributed by atoms with Crippen molar-refractivity contribution in [2.45, 2.75) is 13.1 Å². The lowest BCUT2D eigenvalue weighted by Gasteiger charge is -2.06. The van der Waals surface area contributed by atoms with E-state index in [0.717, 1.165) is 5.56 Å². The van der Waals surface area contributed by atoms with Crippen LogP contribution in [0.1, 0.15) is 16.1 Å². The number of carboxylic acids is 1. The van der Waals surface area contributed by atoms with Crippen molar-refractivity contribution in [3.63, 3.8) is 0 Å². The molecule has 0 bridgehead atoms. The summed E-state index contributed by atoms with van der Waals surface area (Å²) in [5.41, 5.74) is 0.947. The number of aromatic carboxylic acids is 1. The highest BCUT2D eigenvalue weighted by Crippen LogP contribution is 2.02. The van der Waals surface area contributed by atoms with Crippen LogP contribution in [0.3, 0.4) is 0 Å². The number of aromatic amines is 1. The van der Waals surface area contributed by atoms with Gasteiger partial charge in [0.05, 0.1) is 6.20 Å². The number of carbonyl (C=O) groups is 2. The van der Waals surface area contributed by atoms with E-state index in [1.54, 1.807) is 24.7 Å².